The number of aryl methyl sites for hydroxylation is 1. The number of benzene rings is 1. The number of rotatable bonds is 5. The highest BCUT2D eigenvalue weighted by Gasteiger charge is 2.03. The molecule has 0 aliphatic rings. The van der Waals surface area contributed by atoms with Crippen LogP contribution in [0.25, 0.3) is 0 Å². The predicted molar refractivity (Wildman–Crippen MR) is 78.0 cm³/mol. The van der Waals surface area contributed by atoms with E-state index < -0.39 is 0 Å². The summed E-state index contributed by atoms with van der Waals surface area (Å²) in [5.74, 6) is 0.451. The highest BCUT2D eigenvalue weighted by molar-refractivity contribution is 8.00. The summed E-state index contributed by atoms with van der Waals surface area (Å²) in [7, 11) is 0. The van der Waals surface area contributed by atoms with Crippen molar-refractivity contribution >= 4 is 17.7 Å². The maximum absolute atomic E-state index is 11.7. The van der Waals surface area contributed by atoms with Crippen LogP contribution in [0.15, 0.2) is 53.6 Å². The number of amides is 1. The number of carbonyl (C=O) groups is 1. The van der Waals surface area contributed by atoms with Crippen molar-refractivity contribution in [1.82, 2.24) is 10.3 Å². The summed E-state index contributed by atoms with van der Waals surface area (Å²) in [4.78, 5) is 17.0. The molecule has 1 aromatic carbocycles. The van der Waals surface area contributed by atoms with Gasteiger partial charge in [-0.3, -0.25) is 9.78 Å². The highest BCUT2D eigenvalue weighted by Crippen LogP contribution is 2.17. The van der Waals surface area contributed by atoms with E-state index in [0.717, 1.165) is 10.6 Å². The molecule has 0 fully saturated rings. The van der Waals surface area contributed by atoms with E-state index in [2.05, 4.69) is 10.3 Å². The van der Waals surface area contributed by atoms with Gasteiger partial charge in [0, 0.05) is 11.1 Å². The van der Waals surface area contributed by atoms with Crippen LogP contribution in [0.2, 0.25) is 0 Å². The summed E-state index contributed by atoms with van der Waals surface area (Å²) in [6.07, 6.45) is 1.72. The van der Waals surface area contributed by atoms with Gasteiger partial charge in [0.15, 0.2) is 0 Å². The van der Waals surface area contributed by atoms with Crippen LogP contribution >= 0.6 is 11.8 Å². The van der Waals surface area contributed by atoms with Crippen LogP contribution in [-0.2, 0) is 11.3 Å². The van der Waals surface area contributed by atoms with Gasteiger partial charge in [-0.2, -0.15) is 0 Å². The molecule has 0 saturated heterocycles. The lowest BCUT2D eigenvalue weighted by Gasteiger charge is -2.05. The molecule has 0 aliphatic carbocycles. The smallest absolute Gasteiger partial charge is 0.230 e. The van der Waals surface area contributed by atoms with Gasteiger partial charge in [0.2, 0.25) is 5.91 Å². The summed E-state index contributed by atoms with van der Waals surface area (Å²) in [6, 6.07) is 13.8. The maximum Gasteiger partial charge on any atom is 0.230 e. The van der Waals surface area contributed by atoms with Gasteiger partial charge in [-0.15, -0.1) is 11.8 Å². The standard InChI is InChI=1S/C15H16N2OS/c1-12-5-7-14(8-6-12)19-11-15(18)17-10-13-4-2-3-9-16-13/h2-9H,10-11H2,1H3,(H,17,18). The maximum atomic E-state index is 11.7. The number of hydrogen-bond acceptors (Lipinski definition) is 3. The van der Waals surface area contributed by atoms with Gasteiger partial charge in [0.05, 0.1) is 18.0 Å². The minimum Gasteiger partial charge on any atom is -0.350 e. The van der Waals surface area contributed by atoms with E-state index in [1.807, 2.05) is 49.4 Å². The third-order valence-corrected chi connectivity index (χ3v) is 3.60. The number of hydrogen-bond donors (Lipinski definition) is 1. The molecule has 1 aromatic heterocycles. The molecule has 2 aromatic rings. The average Bonchev–Trinajstić information content (AvgIpc) is 2.45. The first-order chi connectivity index (χ1) is 9.24. The van der Waals surface area contributed by atoms with Gasteiger partial charge in [-0.05, 0) is 31.2 Å². The second-order valence-corrected chi connectivity index (χ2v) is 5.25. The van der Waals surface area contributed by atoms with Gasteiger partial charge >= 0.3 is 0 Å². The molecule has 1 amide bonds. The first-order valence-corrected chi connectivity index (χ1v) is 7.09. The fraction of sp³-hybridized carbons (Fsp3) is 0.200. The van der Waals surface area contributed by atoms with E-state index in [-0.39, 0.29) is 5.91 Å². The minimum absolute atomic E-state index is 0.0243. The third kappa shape index (κ3) is 4.75. The van der Waals surface area contributed by atoms with Crippen LogP contribution in [0, 0.1) is 6.92 Å². The second-order valence-electron chi connectivity index (χ2n) is 4.20. The van der Waals surface area contributed by atoms with E-state index in [1.54, 1.807) is 6.20 Å². The van der Waals surface area contributed by atoms with Crippen molar-refractivity contribution in [1.29, 1.82) is 0 Å². The topological polar surface area (TPSA) is 42.0 Å². The Kier molecular flexibility index (Phi) is 4.98. The lowest BCUT2D eigenvalue weighted by atomic mass is 10.2. The van der Waals surface area contributed by atoms with Crippen LogP contribution in [0.3, 0.4) is 0 Å². The molecule has 19 heavy (non-hydrogen) atoms. The molecule has 1 N–H and O–H groups in total. The Hall–Kier alpha value is -1.81. The summed E-state index contributed by atoms with van der Waals surface area (Å²) >= 11 is 1.54. The van der Waals surface area contributed by atoms with Crippen LogP contribution in [-0.4, -0.2) is 16.6 Å². The summed E-state index contributed by atoms with van der Waals surface area (Å²) in [5, 5.41) is 2.86. The summed E-state index contributed by atoms with van der Waals surface area (Å²) in [5.41, 5.74) is 2.10. The fourth-order valence-electron chi connectivity index (χ4n) is 1.53. The fourth-order valence-corrected chi connectivity index (χ4v) is 2.25. The molecule has 0 radical (unpaired) electrons. The van der Waals surface area contributed by atoms with E-state index in [9.17, 15) is 4.79 Å². The number of thioether (sulfide) groups is 1. The second kappa shape index (κ2) is 6.95. The Morgan fingerprint density at radius 2 is 2.00 bits per heavy atom. The number of nitrogens with one attached hydrogen (secondary N) is 1. The normalized spacial score (nSPS) is 10.2. The first-order valence-electron chi connectivity index (χ1n) is 6.10. The lowest BCUT2D eigenvalue weighted by molar-refractivity contribution is -0.118. The zero-order valence-electron chi connectivity index (χ0n) is 10.8. The van der Waals surface area contributed by atoms with E-state index >= 15 is 0 Å². The molecule has 98 valence electrons. The molecule has 1 heterocycles. The molecule has 0 bridgehead atoms. The molecular formula is C15H16N2OS. The summed E-state index contributed by atoms with van der Waals surface area (Å²) < 4.78 is 0. The third-order valence-electron chi connectivity index (χ3n) is 2.58. The zero-order chi connectivity index (χ0) is 13.5. The Balaban J connectivity index is 1.74. The van der Waals surface area contributed by atoms with Crippen LogP contribution < -0.4 is 5.32 Å². The van der Waals surface area contributed by atoms with Crippen LogP contribution in [0.4, 0.5) is 0 Å². The lowest BCUT2D eigenvalue weighted by Crippen LogP contribution is -2.24. The number of aromatic nitrogens is 1. The van der Waals surface area contributed by atoms with Gasteiger partial charge in [0.25, 0.3) is 0 Å². The molecule has 0 atom stereocenters. The quantitative estimate of drug-likeness (QED) is 0.851. The highest BCUT2D eigenvalue weighted by atomic mass is 32.2. The van der Waals surface area contributed by atoms with E-state index in [0.29, 0.717) is 12.3 Å². The largest absolute Gasteiger partial charge is 0.350 e. The molecule has 0 saturated carbocycles. The van der Waals surface area contributed by atoms with E-state index in [4.69, 9.17) is 0 Å². The first kappa shape index (κ1) is 13.6. The SMILES string of the molecule is Cc1ccc(SCC(=O)NCc2ccccn2)cc1. The number of pyridine rings is 1. The molecule has 0 spiro atoms. The minimum atomic E-state index is 0.0243. The Morgan fingerprint density at radius 3 is 2.68 bits per heavy atom. The molecule has 0 aliphatic heterocycles. The Bertz CT molecular complexity index is 526. The van der Waals surface area contributed by atoms with Crippen molar-refractivity contribution in [3.05, 3.63) is 59.9 Å². The van der Waals surface area contributed by atoms with Gasteiger partial charge < -0.3 is 5.32 Å². The van der Waals surface area contributed by atoms with Crippen molar-refractivity contribution in [2.75, 3.05) is 5.75 Å². The molecule has 4 heteroatoms. The van der Waals surface area contributed by atoms with E-state index in [1.165, 1.54) is 17.3 Å². The Morgan fingerprint density at radius 1 is 1.21 bits per heavy atom. The van der Waals surface area contributed by atoms with Crippen molar-refractivity contribution in [3.63, 3.8) is 0 Å². The monoisotopic (exact) mass is 272 g/mol. The Labute approximate surface area is 117 Å². The molecule has 0 unspecified atom stereocenters. The zero-order valence-corrected chi connectivity index (χ0v) is 11.6. The average molecular weight is 272 g/mol. The predicted octanol–water partition coefficient (Wildman–Crippen LogP) is 2.80. The van der Waals surface area contributed by atoms with Gasteiger partial charge in [0.1, 0.15) is 0 Å². The van der Waals surface area contributed by atoms with Crippen molar-refractivity contribution < 1.29 is 4.79 Å². The number of carbonyl (C=O) groups excluding carboxylic acids is 1. The van der Waals surface area contributed by atoms with Crippen LogP contribution in [0.5, 0.6) is 0 Å². The molecular weight excluding hydrogens is 256 g/mol. The molecule has 2 rings (SSSR count). The van der Waals surface area contributed by atoms with Gasteiger partial charge in [-0.25, -0.2) is 0 Å². The van der Waals surface area contributed by atoms with Crippen molar-refractivity contribution in [3.8, 4) is 0 Å². The number of nitrogens with zero attached hydrogens (tertiary/aromatic N) is 1. The summed E-state index contributed by atoms with van der Waals surface area (Å²) in [6.45, 7) is 2.53. The van der Waals surface area contributed by atoms with Crippen molar-refractivity contribution in [2.45, 2.75) is 18.4 Å². The molecule has 3 nitrogen and oxygen atoms in total. The van der Waals surface area contributed by atoms with Crippen molar-refractivity contribution in [2.24, 2.45) is 0 Å². The van der Waals surface area contributed by atoms with Crippen LogP contribution in [0.1, 0.15) is 11.3 Å². The van der Waals surface area contributed by atoms with Gasteiger partial charge in [-0.1, -0.05) is 23.8 Å².